The topological polar surface area (TPSA) is 78.0 Å². The van der Waals surface area contributed by atoms with Crippen LogP contribution in [0, 0.1) is 5.82 Å². The molecule has 172 valence electrons. The van der Waals surface area contributed by atoms with Gasteiger partial charge in [0.1, 0.15) is 16.9 Å². The number of anilines is 2. The molecule has 34 heavy (non-hydrogen) atoms. The number of fused-ring (bicyclic) bond motifs is 1. The van der Waals surface area contributed by atoms with Gasteiger partial charge in [0.05, 0.1) is 17.1 Å². The molecule has 0 bridgehead atoms. The number of pyridine rings is 1. The van der Waals surface area contributed by atoms with Gasteiger partial charge in [-0.1, -0.05) is 24.3 Å². The molecule has 2 aliphatic carbocycles. The van der Waals surface area contributed by atoms with Gasteiger partial charge in [-0.2, -0.15) is 0 Å². The van der Waals surface area contributed by atoms with Crippen molar-refractivity contribution in [1.29, 1.82) is 0 Å². The minimum absolute atomic E-state index is 0.170. The Labute approximate surface area is 193 Å². The van der Waals surface area contributed by atoms with Crippen molar-refractivity contribution in [2.24, 2.45) is 7.05 Å². The van der Waals surface area contributed by atoms with E-state index in [9.17, 15) is 18.8 Å². The van der Waals surface area contributed by atoms with Crippen LogP contribution in [0.5, 0.6) is 0 Å². The maximum absolute atomic E-state index is 14.9. The molecule has 7 nitrogen and oxygen atoms in total. The van der Waals surface area contributed by atoms with Crippen LogP contribution >= 0.6 is 0 Å². The molecule has 0 radical (unpaired) electrons. The maximum atomic E-state index is 14.9. The highest BCUT2D eigenvalue weighted by Crippen LogP contribution is 2.41. The van der Waals surface area contributed by atoms with E-state index in [1.165, 1.54) is 32.9 Å². The third-order valence-electron chi connectivity index (χ3n) is 6.69. The summed E-state index contributed by atoms with van der Waals surface area (Å²) in [6, 6.07) is 15.0. The Morgan fingerprint density at radius 3 is 2.29 bits per heavy atom. The van der Waals surface area contributed by atoms with E-state index in [-0.39, 0.29) is 28.5 Å². The summed E-state index contributed by atoms with van der Waals surface area (Å²) in [5.74, 6) is -0.0448. The summed E-state index contributed by atoms with van der Waals surface area (Å²) in [6.45, 7) is 0. The third-order valence-corrected chi connectivity index (χ3v) is 6.69. The number of hydrogen-bond acceptors (Lipinski definition) is 4. The number of nitrogens with zero attached hydrogens (tertiary/aromatic N) is 3. The number of aromatic nitrogens is 3. The van der Waals surface area contributed by atoms with Gasteiger partial charge < -0.3 is 5.32 Å². The molecule has 0 saturated heterocycles. The Hall–Kier alpha value is -3.94. The summed E-state index contributed by atoms with van der Waals surface area (Å²) in [5.41, 5.74) is 0.626. The van der Waals surface area contributed by atoms with Gasteiger partial charge in [0.15, 0.2) is 0 Å². The monoisotopic (exact) mass is 458 g/mol. The smallest absolute Gasteiger partial charge is 0.337 e. The zero-order valence-corrected chi connectivity index (χ0v) is 18.6. The highest BCUT2D eigenvalue weighted by molar-refractivity contribution is 5.91. The summed E-state index contributed by atoms with van der Waals surface area (Å²) in [6.07, 6.45) is 3.59. The minimum atomic E-state index is -0.488. The number of aryl methyl sites for hydroxylation is 1. The molecule has 2 fully saturated rings. The van der Waals surface area contributed by atoms with Crippen LogP contribution in [0.1, 0.15) is 43.2 Å². The average Bonchev–Trinajstić information content (AvgIpc) is 3.73. The van der Waals surface area contributed by atoms with Gasteiger partial charge in [0, 0.05) is 19.2 Å². The van der Waals surface area contributed by atoms with Crippen molar-refractivity contribution in [2.45, 2.75) is 37.6 Å². The normalized spacial score (nSPS) is 15.6. The van der Waals surface area contributed by atoms with Gasteiger partial charge in [-0.05, 0) is 61.4 Å². The molecule has 2 aromatic carbocycles. The van der Waals surface area contributed by atoms with Crippen molar-refractivity contribution in [3.63, 3.8) is 0 Å². The first-order chi connectivity index (χ1) is 16.4. The van der Waals surface area contributed by atoms with Crippen LogP contribution in [0.3, 0.4) is 0 Å². The van der Waals surface area contributed by atoms with Crippen molar-refractivity contribution in [1.82, 2.24) is 13.7 Å². The largest absolute Gasteiger partial charge is 0.352 e. The molecular formula is C26H23FN4O3. The predicted molar refractivity (Wildman–Crippen MR) is 129 cm³/mol. The second-order valence-corrected chi connectivity index (χ2v) is 9.15. The van der Waals surface area contributed by atoms with Crippen LogP contribution in [-0.4, -0.2) is 13.7 Å². The van der Waals surface area contributed by atoms with E-state index < -0.39 is 22.6 Å². The van der Waals surface area contributed by atoms with E-state index in [2.05, 4.69) is 5.32 Å². The number of rotatable bonds is 5. The first kappa shape index (κ1) is 20.7. The Bertz CT molecular complexity index is 1630. The fourth-order valence-corrected chi connectivity index (χ4v) is 4.57. The SMILES string of the molecule is Cn1c(=O)cc(Nc2ccc(C3CC3)cc2F)c2c(=O)n(C3CC3)c(=O)n(-c3ccccc3)c21. The second-order valence-electron chi connectivity index (χ2n) is 9.15. The lowest BCUT2D eigenvalue weighted by atomic mass is 10.1. The van der Waals surface area contributed by atoms with Gasteiger partial charge in [-0.15, -0.1) is 0 Å². The summed E-state index contributed by atoms with van der Waals surface area (Å²) in [4.78, 5) is 40.1. The van der Waals surface area contributed by atoms with Gasteiger partial charge in [-0.3, -0.25) is 18.7 Å². The zero-order valence-electron chi connectivity index (χ0n) is 18.6. The second kappa shape index (κ2) is 7.55. The molecule has 2 aliphatic rings. The lowest BCUT2D eigenvalue weighted by Gasteiger charge is -2.19. The van der Waals surface area contributed by atoms with Crippen LogP contribution in [0.15, 0.2) is 69.0 Å². The van der Waals surface area contributed by atoms with E-state index in [1.807, 2.05) is 12.1 Å². The van der Waals surface area contributed by atoms with Crippen LogP contribution < -0.4 is 22.1 Å². The molecule has 4 aromatic rings. The van der Waals surface area contributed by atoms with Crippen LogP contribution in [0.2, 0.25) is 0 Å². The van der Waals surface area contributed by atoms with Crippen molar-refractivity contribution >= 4 is 22.4 Å². The molecular weight excluding hydrogens is 435 g/mol. The molecule has 6 rings (SSSR count). The molecule has 2 heterocycles. The Morgan fingerprint density at radius 1 is 0.912 bits per heavy atom. The molecule has 0 aliphatic heterocycles. The van der Waals surface area contributed by atoms with Crippen molar-refractivity contribution in [3.05, 3.63) is 97.2 Å². The van der Waals surface area contributed by atoms with Crippen LogP contribution in [0.25, 0.3) is 16.7 Å². The number of halogens is 1. The molecule has 0 unspecified atom stereocenters. The fraction of sp³-hybridized carbons (Fsp3) is 0.269. The Balaban J connectivity index is 1.64. The molecule has 2 saturated carbocycles. The van der Waals surface area contributed by atoms with Crippen LogP contribution in [-0.2, 0) is 7.05 Å². The zero-order chi connectivity index (χ0) is 23.6. The highest BCUT2D eigenvalue weighted by Gasteiger charge is 2.31. The summed E-state index contributed by atoms with van der Waals surface area (Å²) >= 11 is 0. The standard InChI is InChI=1S/C26H23FN4O3/c1-29-22(32)14-21(28-20-12-9-16(13-19(20)27)15-7-8-15)23-24(29)30(17-5-3-2-4-6-17)26(34)31(25(23)33)18-10-11-18/h2-6,9,12-15,18,28H,7-8,10-11H2,1H3. The average molecular weight is 458 g/mol. The first-order valence-electron chi connectivity index (χ1n) is 11.5. The van der Waals surface area contributed by atoms with E-state index in [0.717, 1.165) is 31.2 Å². The lowest BCUT2D eigenvalue weighted by molar-refractivity contribution is 0.629. The Morgan fingerprint density at radius 2 is 1.65 bits per heavy atom. The van der Waals surface area contributed by atoms with E-state index in [4.69, 9.17) is 0 Å². The number of nitrogens with one attached hydrogen (secondary N) is 1. The van der Waals surface area contributed by atoms with Gasteiger partial charge in [-0.25, -0.2) is 13.8 Å². The van der Waals surface area contributed by atoms with Crippen molar-refractivity contribution in [3.8, 4) is 5.69 Å². The molecule has 0 amide bonds. The van der Waals surface area contributed by atoms with E-state index >= 15 is 0 Å². The fourth-order valence-electron chi connectivity index (χ4n) is 4.57. The molecule has 0 spiro atoms. The highest BCUT2D eigenvalue weighted by atomic mass is 19.1. The number of hydrogen-bond donors (Lipinski definition) is 1. The maximum Gasteiger partial charge on any atom is 0.337 e. The summed E-state index contributed by atoms with van der Waals surface area (Å²) in [5, 5.41) is 3.15. The van der Waals surface area contributed by atoms with E-state index in [1.54, 1.807) is 30.3 Å². The molecule has 1 N–H and O–H groups in total. The van der Waals surface area contributed by atoms with E-state index in [0.29, 0.717) is 11.6 Å². The van der Waals surface area contributed by atoms with Gasteiger partial charge in [0.25, 0.3) is 11.1 Å². The summed E-state index contributed by atoms with van der Waals surface area (Å²) in [7, 11) is 1.53. The first-order valence-corrected chi connectivity index (χ1v) is 11.5. The lowest BCUT2D eigenvalue weighted by Crippen LogP contribution is -2.41. The van der Waals surface area contributed by atoms with Crippen molar-refractivity contribution < 1.29 is 4.39 Å². The van der Waals surface area contributed by atoms with Crippen LogP contribution in [0.4, 0.5) is 15.8 Å². The van der Waals surface area contributed by atoms with Gasteiger partial charge >= 0.3 is 5.69 Å². The predicted octanol–water partition coefficient (Wildman–Crippen LogP) is 3.95. The number of para-hydroxylation sites is 1. The summed E-state index contributed by atoms with van der Waals surface area (Å²) < 4.78 is 18.9. The third kappa shape index (κ3) is 3.29. The molecule has 2 aromatic heterocycles. The molecule has 8 heteroatoms. The van der Waals surface area contributed by atoms with Gasteiger partial charge in [0.2, 0.25) is 0 Å². The number of benzene rings is 2. The minimum Gasteiger partial charge on any atom is -0.352 e. The quantitative estimate of drug-likeness (QED) is 0.491. The Kier molecular flexibility index (Phi) is 4.58. The van der Waals surface area contributed by atoms with Crippen molar-refractivity contribution in [2.75, 3.05) is 5.32 Å². The molecule has 0 atom stereocenters.